The minimum atomic E-state index is -0.139. The maximum atomic E-state index is 12.7. The third kappa shape index (κ3) is 2.11. The predicted molar refractivity (Wildman–Crippen MR) is 90.9 cm³/mol. The van der Waals surface area contributed by atoms with Crippen molar-refractivity contribution in [1.29, 1.82) is 0 Å². The molecule has 7 heteroatoms. The van der Waals surface area contributed by atoms with Gasteiger partial charge in [-0.25, -0.2) is 9.67 Å². The van der Waals surface area contributed by atoms with Crippen LogP contribution >= 0.6 is 0 Å². The second-order valence-electron chi connectivity index (χ2n) is 6.51. The lowest BCUT2D eigenvalue weighted by Gasteiger charge is -2.35. The molecule has 1 N–H and O–H groups in total. The fourth-order valence-electron chi connectivity index (χ4n) is 3.21. The first kappa shape index (κ1) is 14.9. The number of amides is 1. The number of fused-ring (bicyclic) bond motifs is 3. The van der Waals surface area contributed by atoms with Gasteiger partial charge in [0.25, 0.3) is 5.56 Å². The Morgan fingerprint density at radius 2 is 2.08 bits per heavy atom. The number of hydrogen-bond acceptors (Lipinski definition) is 5. The van der Waals surface area contributed by atoms with Gasteiger partial charge in [-0.15, -0.1) is 0 Å². The molecule has 124 valence electrons. The fraction of sp³-hybridized carbons (Fsp3) is 0.412. The number of aryl methyl sites for hydroxylation is 1. The summed E-state index contributed by atoms with van der Waals surface area (Å²) in [5.74, 6) is 0.618. The Hall–Kier alpha value is -2.70. The Balaban J connectivity index is 1.91. The number of nitrogens with zero attached hydrogens (tertiary/aromatic N) is 4. The van der Waals surface area contributed by atoms with Crippen LogP contribution in [0.3, 0.4) is 0 Å². The number of carbonyl (C=O) groups is 1. The van der Waals surface area contributed by atoms with Crippen molar-refractivity contribution in [2.45, 2.75) is 25.8 Å². The number of rotatable bonds is 2. The third-order valence-electron chi connectivity index (χ3n) is 4.93. The number of nitrogens with one attached hydrogen (secondary N) is 1. The molecule has 1 atom stereocenters. The number of carbonyl (C=O) groups excluding carboxylic acids is 1. The molecule has 1 amide bonds. The summed E-state index contributed by atoms with van der Waals surface area (Å²) in [5, 5.41) is 7.08. The van der Waals surface area contributed by atoms with Gasteiger partial charge < -0.3 is 10.2 Å². The van der Waals surface area contributed by atoms with Gasteiger partial charge in [-0.1, -0.05) is 0 Å². The van der Waals surface area contributed by atoms with Gasteiger partial charge in [0.05, 0.1) is 23.5 Å². The molecule has 7 nitrogen and oxygen atoms in total. The van der Waals surface area contributed by atoms with E-state index in [1.807, 2.05) is 24.9 Å². The molecule has 1 fully saturated rings. The molecule has 0 aromatic carbocycles. The van der Waals surface area contributed by atoms with Gasteiger partial charge in [0, 0.05) is 37.3 Å². The topological polar surface area (TPSA) is 80.1 Å². The molecule has 1 aliphatic carbocycles. The molecular formula is C17H19N5O2. The third-order valence-corrected chi connectivity index (χ3v) is 4.93. The van der Waals surface area contributed by atoms with E-state index in [1.165, 1.54) is 4.68 Å². The van der Waals surface area contributed by atoms with Crippen LogP contribution in [0.15, 0.2) is 23.3 Å². The Kier molecular flexibility index (Phi) is 3.19. The summed E-state index contributed by atoms with van der Waals surface area (Å²) in [6.07, 6.45) is 5.24. The summed E-state index contributed by atoms with van der Waals surface area (Å²) in [4.78, 5) is 31.2. The van der Waals surface area contributed by atoms with Crippen molar-refractivity contribution in [3.63, 3.8) is 0 Å². The lowest BCUT2D eigenvalue weighted by molar-refractivity contribution is -0.117. The quantitative estimate of drug-likeness (QED) is 0.909. The van der Waals surface area contributed by atoms with Gasteiger partial charge in [0.15, 0.2) is 5.82 Å². The summed E-state index contributed by atoms with van der Waals surface area (Å²) >= 11 is 0. The van der Waals surface area contributed by atoms with Crippen molar-refractivity contribution in [2.24, 2.45) is 13.0 Å². The first-order chi connectivity index (χ1) is 11.5. The van der Waals surface area contributed by atoms with E-state index in [2.05, 4.69) is 15.4 Å². The van der Waals surface area contributed by atoms with E-state index in [1.54, 1.807) is 19.4 Å². The molecule has 4 rings (SSSR count). The van der Waals surface area contributed by atoms with Crippen molar-refractivity contribution >= 4 is 17.4 Å². The van der Waals surface area contributed by atoms with Crippen molar-refractivity contribution in [1.82, 2.24) is 14.8 Å². The van der Waals surface area contributed by atoms with Crippen molar-refractivity contribution in [3.05, 3.63) is 34.4 Å². The van der Waals surface area contributed by atoms with Gasteiger partial charge in [0.2, 0.25) is 5.91 Å². The summed E-state index contributed by atoms with van der Waals surface area (Å²) in [6, 6.07) is 1.79. The molecule has 0 spiro atoms. The van der Waals surface area contributed by atoms with E-state index in [-0.39, 0.29) is 23.4 Å². The van der Waals surface area contributed by atoms with Gasteiger partial charge >= 0.3 is 0 Å². The lowest BCUT2D eigenvalue weighted by Crippen LogP contribution is -2.33. The van der Waals surface area contributed by atoms with Crippen LogP contribution in [0.4, 0.5) is 11.5 Å². The number of hydrogen-bond donors (Lipinski definition) is 1. The molecule has 2 aliphatic rings. The molecule has 2 aromatic rings. The standard InChI is InChI=1S/C17H19N5O2/c1-9-12-8-19-22(3)17(24)13(12)11-6-7-18-15(14(11)21(9)2)20-16(23)10-4-5-10/h6-10H,4-5H2,1-3H3,(H,18,20,23). The highest BCUT2D eigenvalue weighted by molar-refractivity contribution is 5.99. The zero-order valence-corrected chi connectivity index (χ0v) is 13.9. The molecule has 3 heterocycles. The minimum Gasteiger partial charge on any atom is -0.364 e. The van der Waals surface area contributed by atoms with Crippen molar-refractivity contribution < 1.29 is 4.79 Å². The van der Waals surface area contributed by atoms with Crippen LogP contribution in [0.1, 0.15) is 31.4 Å². The molecule has 0 bridgehead atoms. The van der Waals surface area contributed by atoms with Crippen molar-refractivity contribution in [2.75, 3.05) is 17.3 Å². The van der Waals surface area contributed by atoms with Crippen molar-refractivity contribution in [3.8, 4) is 11.1 Å². The molecular weight excluding hydrogens is 306 g/mol. The maximum Gasteiger partial charge on any atom is 0.274 e. The molecule has 0 saturated heterocycles. The first-order valence-electron chi connectivity index (χ1n) is 8.08. The highest BCUT2D eigenvalue weighted by Gasteiger charge is 2.34. The number of pyridine rings is 1. The normalized spacial score (nSPS) is 18.8. The average Bonchev–Trinajstić information content (AvgIpc) is 3.40. The van der Waals surface area contributed by atoms with Crippen LogP contribution in [0.5, 0.6) is 0 Å². The van der Waals surface area contributed by atoms with Crippen LogP contribution in [-0.2, 0) is 11.8 Å². The number of aromatic nitrogens is 3. The number of anilines is 2. The van der Waals surface area contributed by atoms with Gasteiger partial charge in [-0.05, 0) is 25.8 Å². The molecule has 2 aromatic heterocycles. The van der Waals surface area contributed by atoms with Gasteiger partial charge in [-0.2, -0.15) is 5.10 Å². The van der Waals surface area contributed by atoms with E-state index >= 15 is 0 Å². The zero-order chi connectivity index (χ0) is 17.0. The Labute approximate surface area is 139 Å². The second kappa shape index (κ2) is 5.15. The van der Waals surface area contributed by atoms with E-state index in [4.69, 9.17) is 0 Å². The van der Waals surface area contributed by atoms with E-state index in [9.17, 15) is 9.59 Å². The fourth-order valence-corrected chi connectivity index (χ4v) is 3.21. The summed E-state index contributed by atoms with van der Waals surface area (Å²) in [7, 11) is 3.58. The smallest absolute Gasteiger partial charge is 0.274 e. The maximum absolute atomic E-state index is 12.7. The molecule has 1 saturated carbocycles. The SMILES string of the molecule is CC1c2cnn(C)c(=O)c2-c2ccnc(NC(=O)C3CC3)c2N1C. The van der Waals surface area contributed by atoms with E-state index in [0.29, 0.717) is 11.4 Å². The molecule has 0 radical (unpaired) electrons. The highest BCUT2D eigenvalue weighted by Crippen LogP contribution is 2.45. The second-order valence-corrected chi connectivity index (χ2v) is 6.51. The van der Waals surface area contributed by atoms with Gasteiger partial charge in [0.1, 0.15) is 0 Å². The predicted octanol–water partition coefficient (Wildman–Crippen LogP) is 1.70. The van der Waals surface area contributed by atoms with Crippen LogP contribution in [0.2, 0.25) is 0 Å². The minimum absolute atomic E-state index is 0.00498. The van der Waals surface area contributed by atoms with Crippen LogP contribution in [-0.4, -0.2) is 27.7 Å². The average molecular weight is 325 g/mol. The monoisotopic (exact) mass is 325 g/mol. The van der Waals surface area contributed by atoms with Crippen LogP contribution in [0.25, 0.3) is 11.1 Å². The summed E-state index contributed by atoms with van der Waals surface area (Å²) < 4.78 is 1.34. The van der Waals surface area contributed by atoms with Gasteiger partial charge in [-0.3, -0.25) is 9.59 Å². The summed E-state index contributed by atoms with van der Waals surface area (Å²) in [6.45, 7) is 2.02. The lowest BCUT2D eigenvalue weighted by atomic mass is 9.92. The molecule has 24 heavy (non-hydrogen) atoms. The Morgan fingerprint density at radius 1 is 1.33 bits per heavy atom. The largest absolute Gasteiger partial charge is 0.364 e. The summed E-state index contributed by atoms with van der Waals surface area (Å²) in [5.41, 5.74) is 2.96. The first-order valence-corrected chi connectivity index (χ1v) is 8.08. The Bertz CT molecular complexity index is 900. The van der Waals surface area contributed by atoms with E-state index < -0.39 is 0 Å². The van der Waals surface area contributed by atoms with Crippen LogP contribution < -0.4 is 15.8 Å². The van der Waals surface area contributed by atoms with Crippen LogP contribution in [0, 0.1) is 5.92 Å². The zero-order valence-electron chi connectivity index (χ0n) is 13.9. The molecule has 1 unspecified atom stereocenters. The Morgan fingerprint density at radius 3 is 2.79 bits per heavy atom. The molecule has 1 aliphatic heterocycles. The highest BCUT2D eigenvalue weighted by atomic mass is 16.2. The van der Waals surface area contributed by atoms with E-state index in [0.717, 1.165) is 29.7 Å².